The number of hydrogen-bond donors (Lipinski definition) is 1. The molecule has 1 heterocycles. The molecule has 1 fully saturated rings. The zero-order valence-electron chi connectivity index (χ0n) is 17.0. The van der Waals surface area contributed by atoms with Gasteiger partial charge >= 0.3 is 0 Å². The van der Waals surface area contributed by atoms with E-state index in [4.69, 9.17) is 9.47 Å². The van der Waals surface area contributed by atoms with Crippen molar-refractivity contribution >= 4 is 5.96 Å². The van der Waals surface area contributed by atoms with E-state index in [9.17, 15) is 0 Å². The second kappa shape index (κ2) is 10.7. The van der Waals surface area contributed by atoms with E-state index in [1.165, 1.54) is 30.4 Å². The van der Waals surface area contributed by atoms with Gasteiger partial charge in [-0.25, -0.2) is 0 Å². The number of fused-ring (bicyclic) bond motifs is 1. The van der Waals surface area contributed by atoms with E-state index in [1.807, 2.05) is 7.05 Å². The van der Waals surface area contributed by atoms with Crippen molar-refractivity contribution in [2.24, 2.45) is 10.9 Å². The van der Waals surface area contributed by atoms with E-state index in [2.05, 4.69) is 46.4 Å². The van der Waals surface area contributed by atoms with Gasteiger partial charge in [-0.3, -0.25) is 4.99 Å². The Hall–Kier alpha value is -1.59. The van der Waals surface area contributed by atoms with E-state index < -0.39 is 0 Å². The molecule has 5 heteroatoms. The number of nitrogens with zero attached hydrogens (tertiary/aromatic N) is 2. The van der Waals surface area contributed by atoms with Gasteiger partial charge in [0.15, 0.2) is 5.96 Å². The Morgan fingerprint density at radius 2 is 2.19 bits per heavy atom. The van der Waals surface area contributed by atoms with Gasteiger partial charge in [0, 0.05) is 45.8 Å². The highest BCUT2D eigenvalue weighted by atomic mass is 16.5. The van der Waals surface area contributed by atoms with Crippen molar-refractivity contribution in [2.45, 2.75) is 45.1 Å². The van der Waals surface area contributed by atoms with E-state index in [1.54, 1.807) is 0 Å². The maximum atomic E-state index is 6.20. The van der Waals surface area contributed by atoms with Gasteiger partial charge < -0.3 is 19.7 Å². The first-order chi connectivity index (χ1) is 13.3. The Bertz CT molecular complexity index is 605. The second-order valence-corrected chi connectivity index (χ2v) is 7.54. The van der Waals surface area contributed by atoms with Crippen LogP contribution >= 0.6 is 0 Å². The number of ether oxygens (including phenoxy) is 2. The van der Waals surface area contributed by atoms with Crippen LogP contribution in [0.4, 0.5) is 0 Å². The van der Waals surface area contributed by atoms with Gasteiger partial charge in [0.2, 0.25) is 0 Å². The van der Waals surface area contributed by atoms with Crippen LogP contribution in [0.1, 0.15) is 49.8 Å². The van der Waals surface area contributed by atoms with Gasteiger partial charge in [-0.2, -0.15) is 0 Å². The minimum atomic E-state index is 0.271. The fourth-order valence-electron chi connectivity index (χ4n) is 4.16. The van der Waals surface area contributed by atoms with Gasteiger partial charge in [-0.05, 0) is 50.2 Å². The Balaban J connectivity index is 1.35. The molecule has 0 amide bonds. The van der Waals surface area contributed by atoms with Gasteiger partial charge in [0.1, 0.15) is 0 Å². The molecule has 1 saturated heterocycles. The average molecular weight is 374 g/mol. The number of hydrogen-bond acceptors (Lipinski definition) is 3. The minimum Gasteiger partial charge on any atom is -0.381 e. The highest BCUT2D eigenvalue weighted by molar-refractivity contribution is 5.80. The summed E-state index contributed by atoms with van der Waals surface area (Å²) in [7, 11) is 1.87. The average Bonchev–Trinajstić information content (AvgIpc) is 3.18. The quantitative estimate of drug-likeness (QED) is 0.431. The number of aryl methyl sites for hydroxylation is 1. The van der Waals surface area contributed by atoms with Crippen LogP contribution in [0.3, 0.4) is 0 Å². The van der Waals surface area contributed by atoms with Crippen LogP contribution in [0.15, 0.2) is 29.3 Å². The molecule has 0 spiro atoms. The molecule has 1 aromatic carbocycles. The summed E-state index contributed by atoms with van der Waals surface area (Å²) in [5, 5.41) is 3.50. The molecule has 2 aliphatic rings. The van der Waals surface area contributed by atoms with E-state index in [0.29, 0.717) is 5.92 Å². The Morgan fingerprint density at radius 1 is 1.30 bits per heavy atom. The molecule has 0 aromatic heterocycles. The smallest absolute Gasteiger partial charge is 0.193 e. The van der Waals surface area contributed by atoms with E-state index >= 15 is 0 Å². The highest BCUT2D eigenvalue weighted by Gasteiger charge is 2.25. The van der Waals surface area contributed by atoms with Crippen molar-refractivity contribution in [1.82, 2.24) is 10.2 Å². The lowest BCUT2D eigenvalue weighted by molar-refractivity contribution is 0.0397. The van der Waals surface area contributed by atoms with Crippen LogP contribution in [-0.2, 0) is 15.9 Å². The molecule has 0 radical (unpaired) electrons. The zero-order chi connectivity index (χ0) is 18.9. The summed E-state index contributed by atoms with van der Waals surface area (Å²) in [5.74, 6) is 1.63. The van der Waals surface area contributed by atoms with Crippen LogP contribution in [0.5, 0.6) is 0 Å². The van der Waals surface area contributed by atoms with Crippen LogP contribution < -0.4 is 5.32 Å². The van der Waals surface area contributed by atoms with Crippen molar-refractivity contribution in [1.29, 1.82) is 0 Å². The molecular weight excluding hydrogens is 338 g/mol. The number of rotatable bonds is 8. The predicted molar refractivity (Wildman–Crippen MR) is 110 cm³/mol. The van der Waals surface area contributed by atoms with Crippen molar-refractivity contribution in [2.75, 3.05) is 46.5 Å². The van der Waals surface area contributed by atoms with Crippen LogP contribution in [0, 0.1) is 5.92 Å². The summed E-state index contributed by atoms with van der Waals surface area (Å²) in [5.41, 5.74) is 2.85. The van der Waals surface area contributed by atoms with Crippen LogP contribution in [0.25, 0.3) is 0 Å². The number of benzene rings is 1. The maximum absolute atomic E-state index is 6.20. The lowest BCUT2D eigenvalue weighted by Crippen LogP contribution is -2.40. The Morgan fingerprint density at radius 3 is 3.04 bits per heavy atom. The van der Waals surface area contributed by atoms with Crippen molar-refractivity contribution in [3.63, 3.8) is 0 Å². The summed E-state index contributed by atoms with van der Waals surface area (Å²) in [6, 6.07) is 8.73. The third-order valence-electron chi connectivity index (χ3n) is 5.59. The number of nitrogens with one attached hydrogen (secondary N) is 1. The maximum Gasteiger partial charge on any atom is 0.193 e. The van der Waals surface area contributed by atoms with Crippen molar-refractivity contribution in [3.8, 4) is 0 Å². The molecule has 2 atom stereocenters. The van der Waals surface area contributed by atoms with Crippen molar-refractivity contribution < 1.29 is 9.47 Å². The molecule has 1 aliphatic carbocycles. The van der Waals surface area contributed by atoms with Crippen molar-refractivity contribution in [3.05, 3.63) is 35.4 Å². The topological polar surface area (TPSA) is 46.1 Å². The second-order valence-electron chi connectivity index (χ2n) is 7.54. The predicted octanol–water partition coefficient (Wildman–Crippen LogP) is 3.40. The largest absolute Gasteiger partial charge is 0.381 e. The molecule has 1 aliphatic heterocycles. The summed E-state index contributed by atoms with van der Waals surface area (Å²) in [6.45, 7) is 7.50. The monoisotopic (exact) mass is 373 g/mol. The summed E-state index contributed by atoms with van der Waals surface area (Å²) < 4.78 is 11.8. The number of likely N-dealkylation sites (tertiary alicyclic amines) is 1. The first-order valence-electron chi connectivity index (χ1n) is 10.5. The molecule has 27 heavy (non-hydrogen) atoms. The summed E-state index contributed by atoms with van der Waals surface area (Å²) in [4.78, 5) is 6.80. The third kappa shape index (κ3) is 5.69. The van der Waals surface area contributed by atoms with Gasteiger partial charge in [0.25, 0.3) is 0 Å². The lowest BCUT2D eigenvalue weighted by atomic mass is 9.89. The third-order valence-corrected chi connectivity index (χ3v) is 5.59. The minimum absolute atomic E-state index is 0.271. The first kappa shape index (κ1) is 20.2. The zero-order valence-corrected chi connectivity index (χ0v) is 17.0. The van der Waals surface area contributed by atoms with E-state index in [-0.39, 0.29) is 6.10 Å². The van der Waals surface area contributed by atoms with Crippen LogP contribution in [0.2, 0.25) is 0 Å². The molecule has 0 bridgehead atoms. The number of aliphatic imine (C=N–C) groups is 1. The molecule has 0 saturated carbocycles. The Labute approximate surface area is 164 Å². The fraction of sp³-hybridized carbons (Fsp3) is 0.682. The van der Waals surface area contributed by atoms with Gasteiger partial charge in [0.05, 0.1) is 12.7 Å². The van der Waals surface area contributed by atoms with Gasteiger partial charge in [-0.1, -0.05) is 24.3 Å². The normalized spacial score (nSPS) is 22.7. The molecule has 5 nitrogen and oxygen atoms in total. The molecule has 1 N–H and O–H groups in total. The standard InChI is InChI=1S/C22H35N3O2/c1-3-26-17-18-12-14-25(16-18)22(23-2)24-13-7-15-27-21-11-6-9-19-8-4-5-10-20(19)21/h4-5,8,10,18,21H,3,6-7,9,11-17H2,1-2H3,(H,23,24). The molecule has 2 unspecified atom stereocenters. The van der Waals surface area contributed by atoms with Gasteiger partial charge in [-0.15, -0.1) is 0 Å². The molecule has 3 rings (SSSR count). The highest BCUT2D eigenvalue weighted by Crippen LogP contribution is 2.32. The lowest BCUT2D eigenvalue weighted by Gasteiger charge is -2.26. The molecule has 150 valence electrons. The van der Waals surface area contributed by atoms with E-state index in [0.717, 1.165) is 58.3 Å². The SMILES string of the molecule is CCOCC1CCN(C(=NC)NCCCOC2CCCc3ccccc32)C1. The Kier molecular flexibility index (Phi) is 7.96. The van der Waals surface area contributed by atoms with Crippen LogP contribution in [-0.4, -0.2) is 57.4 Å². The fourth-order valence-corrected chi connectivity index (χ4v) is 4.16. The number of guanidine groups is 1. The first-order valence-corrected chi connectivity index (χ1v) is 10.5. The summed E-state index contributed by atoms with van der Waals surface area (Å²) in [6.07, 6.45) is 6.01. The molecule has 1 aromatic rings. The summed E-state index contributed by atoms with van der Waals surface area (Å²) >= 11 is 0. The molecular formula is C22H35N3O2.